The van der Waals surface area contributed by atoms with Gasteiger partial charge >= 0.3 is 0 Å². The van der Waals surface area contributed by atoms with Gasteiger partial charge in [0.25, 0.3) is 5.91 Å². The van der Waals surface area contributed by atoms with Crippen LogP contribution in [0.3, 0.4) is 0 Å². The maximum Gasteiger partial charge on any atom is 0.266 e. The zero-order valence-electron chi connectivity index (χ0n) is 17.6. The number of ether oxygens (including phenoxy) is 2. The number of nitrogens with zero attached hydrogens (tertiary/aromatic N) is 1. The number of carbonyl (C=O) groups excluding carboxylic acids is 1. The monoisotopic (exact) mass is 543 g/mol. The number of methoxy groups -OCH3 is 1. The SMILES string of the molecule is COc1cc(/C=C2\SC(=S)N(Cc3ccccc3)C2=O)cc(Br)c1OCc1cccc(F)c1. The van der Waals surface area contributed by atoms with Crippen molar-refractivity contribution in [2.75, 3.05) is 7.11 Å². The van der Waals surface area contributed by atoms with Gasteiger partial charge in [-0.05, 0) is 63.0 Å². The summed E-state index contributed by atoms with van der Waals surface area (Å²) in [4.78, 5) is 15.1. The minimum Gasteiger partial charge on any atom is -0.493 e. The summed E-state index contributed by atoms with van der Waals surface area (Å²) in [5, 5.41) is 0. The van der Waals surface area contributed by atoms with Crippen LogP contribution in [0.1, 0.15) is 16.7 Å². The highest BCUT2D eigenvalue weighted by molar-refractivity contribution is 9.10. The first-order valence-corrected chi connectivity index (χ1v) is 12.0. The Bertz CT molecular complexity index is 1230. The lowest BCUT2D eigenvalue weighted by Gasteiger charge is -2.14. The van der Waals surface area contributed by atoms with Crippen molar-refractivity contribution in [1.29, 1.82) is 0 Å². The van der Waals surface area contributed by atoms with Gasteiger partial charge in [0.2, 0.25) is 0 Å². The fraction of sp³-hybridized carbons (Fsp3) is 0.120. The number of hydrogen-bond donors (Lipinski definition) is 0. The topological polar surface area (TPSA) is 38.8 Å². The summed E-state index contributed by atoms with van der Waals surface area (Å²) >= 11 is 10.2. The molecule has 8 heteroatoms. The van der Waals surface area contributed by atoms with E-state index in [1.54, 1.807) is 36.3 Å². The number of thioether (sulfide) groups is 1. The summed E-state index contributed by atoms with van der Waals surface area (Å²) < 4.78 is 26.0. The molecule has 0 spiro atoms. The molecule has 0 saturated carbocycles. The van der Waals surface area contributed by atoms with Gasteiger partial charge in [-0.1, -0.05) is 66.4 Å². The average Bonchev–Trinajstić information content (AvgIpc) is 3.06. The van der Waals surface area contributed by atoms with Crippen LogP contribution in [0.2, 0.25) is 0 Å². The minimum atomic E-state index is -0.318. The van der Waals surface area contributed by atoms with E-state index in [0.717, 1.165) is 11.1 Å². The molecule has 4 nitrogen and oxygen atoms in total. The second kappa shape index (κ2) is 10.5. The first-order valence-electron chi connectivity index (χ1n) is 9.98. The largest absolute Gasteiger partial charge is 0.493 e. The predicted octanol–water partition coefficient (Wildman–Crippen LogP) is 6.58. The molecule has 1 aliphatic heterocycles. The molecule has 1 saturated heterocycles. The first-order chi connectivity index (χ1) is 15.9. The Morgan fingerprint density at radius 1 is 1.09 bits per heavy atom. The van der Waals surface area contributed by atoms with Gasteiger partial charge in [0, 0.05) is 0 Å². The van der Waals surface area contributed by atoms with Crippen LogP contribution in [0.25, 0.3) is 6.08 Å². The molecular formula is C25H19BrFNO3S2. The van der Waals surface area contributed by atoms with Gasteiger partial charge < -0.3 is 9.47 Å². The zero-order valence-corrected chi connectivity index (χ0v) is 20.8. The fourth-order valence-electron chi connectivity index (χ4n) is 3.30. The summed E-state index contributed by atoms with van der Waals surface area (Å²) in [6.45, 7) is 0.618. The Morgan fingerprint density at radius 3 is 2.58 bits per heavy atom. The van der Waals surface area contributed by atoms with Crippen molar-refractivity contribution in [2.45, 2.75) is 13.2 Å². The van der Waals surface area contributed by atoms with Crippen molar-refractivity contribution < 1.29 is 18.7 Å². The van der Waals surface area contributed by atoms with Gasteiger partial charge in [-0.15, -0.1) is 0 Å². The standard InChI is InChI=1S/C25H19BrFNO3S2/c1-30-21-12-18(11-20(26)23(21)31-15-17-8-5-9-19(27)10-17)13-22-24(29)28(25(32)33-22)14-16-6-3-2-4-7-16/h2-13H,14-15H2,1H3/b22-13-. The first kappa shape index (κ1) is 23.5. The van der Waals surface area contributed by atoms with Crippen LogP contribution in [0.5, 0.6) is 11.5 Å². The quantitative estimate of drug-likeness (QED) is 0.248. The van der Waals surface area contributed by atoms with E-state index in [1.807, 2.05) is 36.4 Å². The summed E-state index contributed by atoms with van der Waals surface area (Å²) in [7, 11) is 1.54. The Morgan fingerprint density at radius 2 is 1.85 bits per heavy atom. The summed E-state index contributed by atoms with van der Waals surface area (Å²) in [6, 6.07) is 19.6. The number of amides is 1. The Kier molecular flexibility index (Phi) is 7.47. The third-order valence-corrected chi connectivity index (χ3v) is 6.85. The van der Waals surface area contributed by atoms with E-state index in [1.165, 1.54) is 23.9 Å². The lowest BCUT2D eigenvalue weighted by Crippen LogP contribution is -2.27. The van der Waals surface area contributed by atoms with Gasteiger partial charge in [-0.3, -0.25) is 9.69 Å². The highest BCUT2D eigenvalue weighted by Crippen LogP contribution is 2.39. The Hall–Kier alpha value is -2.68. The molecule has 33 heavy (non-hydrogen) atoms. The van der Waals surface area contributed by atoms with Crippen molar-refractivity contribution >= 4 is 56.2 Å². The molecule has 0 aromatic heterocycles. The molecule has 0 bridgehead atoms. The van der Waals surface area contributed by atoms with Crippen molar-refractivity contribution in [2.24, 2.45) is 0 Å². The fourth-order valence-corrected chi connectivity index (χ4v) is 5.13. The molecule has 4 rings (SSSR count). The molecule has 0 aliphatic carbocycles. The Balaban J connectivity index is 1.53. The van der Waals surface area contributed by atoms with Crippen molar-refractivity contribution in [3.63, 3.8) is 0 Å². The van der Waals surface area contributed by atoms with E-state index < -0.39 is 0 Å². The van der Waals surface area contributed by atoms with Gasteiger partial charge in [0.05, 0.1) is 23.0 Å². The molecule has 0 unspecified atom stereocenters. The van der Waals surface area contributed by atoms with E-state index >= 15 is 0 Å². The van der Waals surface area contributed by atoms with Gasteiger partial charge in [0.1, 0.15) is 16.7 Å². The van der Waals surface area contributed by atoms with E-state index in [2.05, 4.69) is 15.9 Å². The zero-order chi connectivity index (χ0) is 23.4. The molecule has 0 atom stereocenters. The summed E-state index contributed by atoms with van der Waals surface area (Å²) in [5.41, 5.74) is 2.48. The molecule has 0 N–H and O–H groups in total. The number of halogens is 2. The Labute approximate surface area is 209 Å². The number of rotatable bonds is 7. The third kappa shape index (κ3) is 5.63. The normalized spacial score (nSPS) is 14.8. The predicted molar refractivity (Wildman–Crippen MR) is 137 cm³/mol. The highest BCUT2D eigenvalue weighted by Gasteiger charge is 2.32. The minimum absolute atomic E-state index is 0.129. The van der Waals surface area contributed by atoms with Gasteiger partial charge in [-0.25, -0.2) is 4.39 Å². The number of hydrogen-bond acceptors (Lipinski definition) is 5. The number of carbonyl (C=O) groups is 1. The van der Waals surface area contributed by atoms with E-state index in [-0.39, 0.29) is 18.3 Å². The average molecular weight is 544 g/mol. The van der Waals surface area contributed by atoms with Crippen molar-refractivity contribution in [3.05, 3.63) is 98.6 Å². The number of thiocarbonyl (C=S) groups is 1. The molecule has 1 fully saturated rings. The molecular weight excluding hydrogens is 525 g/mol. The lowest BCUT2D eigenvalue weighted by molar-refractivity contribution is -0.122. The molecule has 0 radical (unpaired) electrons. The van der Waals surface area contributed by atoms with Gasteiger partial charge in [-0.2, -0.15) is 0 Å². The molecule has 3 aromatic carbocycles. The van der Waals surface area contributed by atoms with Crippen LogP contribution < -0.4 is 9.47 Å². The molecule has 1 aliphatic rings. The molecule has 1 heterocycles. The molecule has 168 valence electrons. The van der Waals surface area contributed by atoms with Crippen LogP contribution in [0, 0.1) is 5.82 Å². The second-order valence-electron chi connectivity index (χ2n) is 7.21. The third-order valence-electron chi connectivity index (χ3n) is 4.88. The van der Waals surface area contributed by atoms with Crippen LogP contribution in [0.4, 0.5) is 4.39 Å². The van der Waals surface area contributed by atoms with E-state index in [4.69, 9.17) is 21.7 Å². The molecule has 1 amide bonds. The molecule has 3 aromatic rings. The maximum atomic E-state index is 13.4. The van der Waals surface area contributed by atoms with Crippen molar-refractivity contribution in [3.8, 4) is 11.5 Å². The van der Waals surface area contributed by atoms with Crippen molar-refractivity contribution in [1.82, 2.24) is 4.90 Å². The van der Waals surface area contributed by atoms with Crippen LogP contribution in [-0.4, -0.2) is 22.2 Å². The van der Waals surface area contributed by atoms with E-state index in [0.29, 0.717) is 37.3 Å². The van der Waals surface area contributed by atoms with Gasteiger partial charge in [0.15, 0.2) is 11.5 Å². The second-order valence-corrected chi connectivity index (χ2v) is 9.74. The van der Waals surface area contributed by atoms with Crippen LogP contribution >= 0.6 is 39.9 Å². The number of benzene rings is 3. The van der Waals surface area contributed by atoms with E-state index in [9.17, 15) is 9.18 Å². The van der Waals surface area contributed by atoms with Crippen LogP contribution in [0.15, 0.2) is 76.1 Å². The lowest BCUT2D eigenvalue weighted by atomic mass is 10.1. The smallest absolute Gasteiger partial charge is 0.266 e. The highest BCUT2D eigenvalue weighted by atomic mass is 79.9. The summed E-state index contributed by atoms with van der Waals surface area (Å²) in [5.74, 6) is 0.541. The maximum absolute atomic E-state index is 13.4. The summed E-state index contributed by atoms with van der Waals surface area (Å²) in [6.07, 6.45) is 1.79. The van der Waals surface area contributed by atoms with Crippen LogP contribution in [-0.2, 0) is 17.9 Å².